The highest BCUT2D eigenvalue weighted by atomic mass is 79.9. The van der Waals surface area contributed by atoms with E-state index in [4.69, 9.17) is 11.6 Å². The molecule has 1 aromatic heterocycles. The number of hydrogen-bond donors (Lipinski definition) is 1. The molecule has 1 rings (SSSR count). The average Bonchev–Trinajstić information content (AvgIpc) is 2.09. The Kier molecular flexibility index (Phi) is 4.00. The number of hydrogen-bond acceptors (Lipinski definition) is 2. The summed E-state index contributed by atoms with van der Waals surface area (Å²) in [5.74, 6) is 0.846. The van der Waals surface area contributed by atoms with Gasteiger partial charge in [-0.2, -0.15) is 0 Å². The number of aromatic nitrogens is 1. The fourth-order valence-corrected chi connectivity index (χ4v) is 1.61. The Bertz CT molecular complexity index is 291. The number of halogens is 2. The zero-order valence-electron chi connectivity index (χ0n) is 7.64. The Balaban J connectivity index is 2.77. The van der Waals surface area contributed by atoms with E-state index in [0.29, 0.717) is 11.1 Å². The van der Waals surface area contributed by atoms with Gasteiger partial charge in [-0.15, -0.1) is 0 Å². The molecule has 2 nitrogen and oxygen atoms in total. The number of pyridine rings is 1. The highest BCUT2D eigenvalue weighted by molar-refractivity contribution is 9.10. The Labute approximate surface area is 91.8 Å². The average molecular weight is 264 g/mol. The molecule has 0 amide bonds. The lowest BCUT2D eigenvalue weighted by Gasteiger charge is -2.13. The molecule has 1 aromatic rings. The second kappa shape index (κ2) is 4.82. The van der Waals surface area contributed by atoms with Gasteiger partial charge in [-0.25, -0.2) is 4.98 Å². The summed E-state index contributed by atoms with van der Waals surface area (Å²) >= 11 is 9.16. The molecule has 0 bridgehead atoms. The predicted molar refractivity (Wildman–Crippen MR) is 60.3 cm³/mol. The van der Waals surface area contributed by atoms with Gasteiger partial charge < -0.3 is 5.32 Å². The third-order valence-corrected chi connectivity index (χ3v) is 2.61. The maximum absolute atomic E-state index is 5.77. The van der Waals surface area contributed by atoms with Gasteiger partial charge >= 0.3 is 0 Å². The summed E-state index contributed by atoms with van der Waals surface area (Å²) in [5, 5.41) is 3.91. The zero-order chi connectivity index (χ0) is 9.84. The van der Waals surface area contributed by atoms with E-state index in [1.54, 1.807) is 6.20 Å². The molecular weight excluding hydrogens is 251 g/mol. The minimum atomic E-state index is 0.421. The van der Waals surface area contributed by atoms with Gasteiger partial charge in [0.2, 0.25) is 0 Å². The topological polar surface area (TPSA) is 24.9 Å². The van der Waals surface area contributed by atoms with Crippen LogP contribution in [-0.4, -0.2) is 11.0 Å². The number of nitrogens with one attached hydrogen (secondary N) is 1. The summed E-state index contributed by atoms with van der Waals surface area (Å²) in [5.41, 5.74) is 0. The van der Waals surface area contributed by atoms with Gasteiger partial charge in [-0.3, -0.25) is 0 Å². The molecule has 72 valence electrons. The Morgan fingerprint density at radius 1 is 1.69 bits per heavy atom. The van der Waals surface area contributed by atoms with Crippen LogP contribution < -0.4 is 5.32 Å². The van der Waals surface area contributed by atoms with E-state index >= 15 is 0 Å². The molecule has 1 atom stereocenters. The lowest BCUT2D eigenvalue weighted by atomic mass is 10.2. The number of rotatable bonds is 3. The Morgan fingerprint density at radius 3 is 2.92 bits per heavy atom. The van der Waals surface area contributed by atoms with Crippen molar-refractivity contribution in [1.29, 1.82) is 0 Å². The van der Waals surface area contributed by atoms with Crippen LogP contribution in [0.2, 0.25) is 5.02 Å². The molecule has 1 unspecified atom stereocenters. The minimum absolute atomic E-state index is 0.421. The van der Waals surface area contributed by atoms with Gasteiger partial charge in [-0.1, -0.05) is 18.5 Å². The predicted octanol–water partition coefficient (Wildman–Crippen LogP) is 3.71. The van der Waals surface area contributed by atoms with E-state index in [-0.39, 0.29) is 0 Å². The van der Waals surface area contributed by atoms with Gasteiger partial charge in [0.05, 0.1) is 9.50 Å². The first kappa shape index (κ1) is 10.8. The van der Waals surface area contributed by atoms with Crippen LogP contribution in [0.3, 0.4) is 0 Å². The van der Waals surface area contributed by atoms with Crippen LogP contribution in [-0.2, 0) is 0 Å². The first-order valence-electron chi connectivity index (χ1n) is 4.21. The first-order valence-corrected chi connectivity index (χ1v) is 5.38. The van der Waals surface area contributed by atoms with E-state index in [2.05, 4.69) is 40.1 Å². The smallest absolute Gasteiger partial charge is 0.140 e. The first-order chi connectivity index (χ1) is 6.13. The second-order valence-corrected chi connectivity index (χ2v) is 4.23. The molecule has 4 heteroatoms. The summed E-state index contributed by atoms with van der Waals surface area (Å²) < 4.78 is 0.903. The van der Waals surface area contributed by atoms with Crippen molar-refractivity contribution in [1.82, 2.24) is 4.98 Å². The molecule has 1 N–H and O–H groups in total. The summed E-state index contributed by atoms with van der Waals surface area (Å²) in [6.45, 7) is 4.24. The van der Waals surface area contributed by atoms with Crippen LogP contribution in [0.25, 0.3) is 0 Å². The summed E-state index contributed by atoms with van der Waals surface area (Å²) in [6, 6.07) is 2.25. The molecule has 0 aliphatic heterocycles. The second-order valence-electron chi connectivity index (χ2n) is 2.94. The van der Waals surface area contributed by atoms with Crippen molar-refractivity contribution in [3.8, 4) is 0 Å². The molecule has 0 saturated heterocycles. The molecular formula is C9H12BrClN2. The standard InChI is InChI=1S/C9H12BrClN2/c1-3-6(2)13-9-8(10)4-7(11)5-12-9/h4-6H,3H2,1-2H3,(H,12,13). The van der Waals surface area contributed by atoms with Gasteiger partial charge in [0.1, 0.15) is 5.82 Å². The highest BCUT2D eigenvalue weighted by Gasteiger charge is 2.04. The SMILES string of the molecule is CCC(C)Nc1ncc(Cl)cc1Br. The molecule has 0 aromatic carbocycles. The van der Waals surface area contributed by atoms with Crippen LogP contribution in [0.1, 0.15) is 20.3 Å². The maximum atomic E-state index is 5.77. The zero-order valence-corrected chi connectivity index (χ0v) is 9.98. The lowest BCUT2D eigenvalue weighted by Crippen LogP contribution is -2.14. The van der Waals surface area contributed by atoms with E-state index in [1.165, 1.54) is 0 Å². The number of anilines is 1. The maximum Gasteiger partial charge on any atom is 0.140 e. The van der Waals surface area contributed by atoms with E-state index in [1.807, 2.05) is 6.07 Å². The Hall–Kier alpha value is -0.280. The molecule has 0 aliphatic rings. The van der Waals surface area contributed by atoms with Gasteiger partial charge in [0.15, 0.2) is 0 Å². The fraction of sp³-hybridized carbons (Fsp3) is 0.444. The Morgan fingerprint density at radius 2 is 2.38 bits per heavy atom. The molecule has 0 spiro atoms. The van der Waals surface area contributed by atoms with E-state index in [9.17, 15) is 0 Å². The summed E-state index contributed by atoms with van der Waals surface area (Å²) in [6.07, 6.45) is 2.70. The van der Waals surface area contributed by atoms with Crippen molar-refractivity contribution in [2.45, 2.75) is 26.3 Å². The van der Waals surface area contributed by atoms with Gasteiger partial charge in [0, 0.05) is 12.2 Å². The minimum Gasteiger partial charge on any atom is -0.367 e. The van der Waals surface area contributed by atoms with Crippen LogP contribution in [0.15, 0.2) is 16.7 Å². The van der Waals surface area contributed by atoms with E-state index in [0.717, 1.165) is 16.7 Å². The van der Waals surface area contributed by atoms with Crippen molar-refractivity contribution in [2.75, 3.05) is 5.32 Å². The molecule has 0 saturated carbocycles. The highest BCUT2D eigenvalue weighted by Crippen LogP contribution is 2.23. The van der Waals surface area contributed by atoms with Gasteiger partial charge in [-0.05, 0) is 35.3 Å². The molecule has 1 heterocycles. The van der Waals surface area contributed by atoms with Crippen molar-refractivity contribution in [2.24, 2.45) is 0 Å². The monoisotopic (exact) mass is 262 g/mol. The van der Waals surface area contributed by atoms with Crippen LogP contribution in [0.4, 0.5) is 5.82 Å². The van der Waals surface area contributed by atoms with E-state index < -0.39 is 0 Å². The fourth-order valence-electron chi connectivity index (χ4n) is 0.856. The summed E-state index contributed by atoms with van der Waals surface area (Å²) in [4.78, 5) is 4.18. The molecule has 0 aliphatic carbocycles. The third-order valence-electron chi connectivity index (χ3n) is 1.80. The summed E-state index contributed by atoms with van der Waals surface area (Å²) in [7, 11) is 0. The molecule has 0 fully saturated rings. The lowest BCUT2D eigenvalue weighted by molar-refractivity contribution is 0.758. The van der Waals surface area contributed by atoms with Crippen LogP contribution in [0.5, 0.6) is 0 Å². The molecule has 13 heavy (non-hydrogen) atoms. The van der Waals surface area contributed by atoms with Crippen molar-refractivity contribution in [3.05, 3.63) is 21.8 Å². The van der Waals surface area contributed by atoms with Crippen molar-refractivity contribution >= 4 is 33.3 Å². The normalized spacial score (nSPS) is 12.6. The van der Waals surface area contributed by atoms with Crippen molar-refractivity contribution < 1.29 is 0 Å². The molecule has 0 radical (unpaired) electrons. The third kappa shape index (κ3) is 3.16. The number of nitrogens with zero attached hydrogens (tertiary/aromatic N) is 1. The largest absolute Gasteiger partial charge is 0.367 e. The van der Waals surface area contributed by atoms with Gasteiger partial charge in [0.25, 0.3) is 0 Å². The van der Waals surface area contributed by atoms with Crippen molar-refractivity contribution in [3.63, 3.8) is 0 Å². The van der Waals surface area contributed by atoms with Crippen LogP contribution in [0, 0.1) is 0 Å². The quantitative estimate of drug-likeness (QED) is 0.899. The van der Waals surface area contributed by atoms with Crippen LogP contribution >= 0.6 is 27.5 Å².